The van der Waals surface area contributed by atoms with E-state index in [1.807, 2.05) is 0 Å². The van der Waals surface area contributed by atoms with E-state index >= 15 is 0 Å². The molecule has 0 heterocycles. The highest BCUT2D eigenvalue weighted by Crippen LogP contribution is 2.29. The Morgan fingerprint density at radius 2 is 1.79 bits per heavy atom. The number of nitrogens with zero attached hydrogens (tertiary/aromatic N) is 3. The van der Waals surface area contributed by atoms with Crippen LogP contribution < -0.4 is 5.43 Å². The van der Waals surface area contributed by atoms with Crippen LogP contribution in [0.15, 0.2) is 41.5 Å². The number of rotatable bonds is 5. The average Bonchev–Trinajstić information content (AvgIpc) is 2.54. The van der Waals surface area contributed by atoms with E-state index in [-0.39, 0.29) is 28.5 Å². The third-order valence-electron chi connectivity index (χ3n) is 3.10. The van der Waals surface area contributed by atoms with E-state index < -0.39 is 21.2 Å². The second-order valence-corrected chi connectivity index (χ2v) is 4.73. The minimum absolute atomic E-state index is 0.0513. The Labute approximate surface area is 135 Å². The van der Waals surface area contributed by atoms with Gasteiger partial charge in [-0.25, -0.2) is 0 Å². The van der Waals surface area contributed by atoms with Crippen LogP contribution >= 0.6 is 0 Å². The van der Waals surface area contributed by atoms with Crippen molar-refractivity contribution in [2.24, 2.45) is 5.10 Å². The highest BCUT2D eigenvalue weighted by Gasteiger charge is 2.19. The fourth-order valence-corrected chi connectivity index (χ4v) is 1.90. The van der Waals surface area contributed by atoms with Crippen LogP contribution in [0, 0.1) is 20.2 Å². The molecule has 0 aromatic heterocycles. The number of nitro groups is 2. The van der Waals surface area contributed by atoms with Gasteiger partial charge in [-0.1, -0.05) is 0 Å². The van der Waals surface area contributed by atoms with E-state index in [2.05, 4.69) is 10.5 Å². The van der Waals surface area contributed by atoms with Gasteiger partial charge in [-0.05, 0) is 31.2 Å². The van der Waals surface area contributed by atoms with Crippen LogP contribution in [0.2, 0.25) is 0 Å². The molecule has 0 radical (unpaired) electrons. The summed E-state index contributed by atoms with van der Waals surface area (Å²) in [5.41, 5.74) is 1.93. The molecule has 0 aliphatic heterocycles. The highest BCUT2D eigenvalue weighted by molar-refractivity contribution is 6.01. The van der Waals surface area contributed by atoms with E-state index in [0.717, 1.165) is 18.2 Å². The van der Waals surface area contributed by atoms with E-state index in [0.29, 0.717) is 0 Å². The van der Waals surface area contributed by atoms with Crippen LogP contribution in [0.1, 0.15) is 12.5 Å². The van der Waals surface area contributed by atoms with Gasteiger partial charge in [0.15, 0.2) is 0 Å². The highest BCUT2D eigenvalue weighted by atomic mass is 16.6. The Hall–Kier alpha value is -3.69. The summed E-state index contributed by atoms with van der Waals surface area (Å²) >= 11 is 0. The number of hydrogen-bond acceptors (Lipinski definition) is 8. The number of aromatic hydroxyl groups is 2. The molecular weight excluding hydrogens is 320 g/mol. The molecule has 0 aliphatic carbocycles. The van der Waals surface area contributed by atoms with Crippen molar-refractivity contribution in [1.82, 2.24) is 0 Å². The first-order valence-electron chi connectivity index (χ1n) is 6.55. The Balaban J connectivity index is 2.35. The summed E-state index contributed by atoms with van der Waals surface area (Å²) in [5, 5.41) is 44.8. The van der Waals surface area contributed by atoms with Crippen LogP contribution in [0.25, 0.3) is 0 Å². The summed E-state index contributed by atoms with van der Waals surface area (Å²) in [6, 6.07) is 6.93. The van der Waals surface area contributed by atoms with Gasteiger partial charge >= 0.3 is 5.69 Å². The monoisotopic (exact) mass is 332 g/mol. The molecule has 0 bridgehead atoms. The molecule has 0 saturated carbocycles. The molecule has 0 saturated heterocycles. The van der Waals surface area contributed by atoms with Crippen molar-refractivity contribution in [3.63, 3.8) is 0 Å². The van der Waals surface area contributed by atoms with E-state index in [9.17, 15) is 30.4 Å². The SMILES string of the molecule is CC(=NNc1ccc([N+](=O)[O-])cc1[N+](=O)[O-])c1cc(O)ccc1O. The van der Waals surface area contributed by atoms with Gasteiger partial charge in [0.2, 0.25) is 0 Å². The van der Waals surface area contributed by atoms with Gasteiger partial charge < -0.3 is 10.2 Å². The molecule has 10 heteroatoms. The Morgan fingerprint density at radius 3 is 2.42 bits per heavy atom. The molecule has 0 atom stereocenters. The first-order valence-corrected chi connectivity index (χ1v) is 6.55. The maximum atomic E-state index is 11.0. The second kappa shape index (κ2) is 6.60. The van der Waals surface area contributed by atoms with Crippen molar-refractivity contribution in [3.8, 4) is 11.5 Å². The lowest BCUT2D eigenvalue weighted by Crippen LogP contribution is -2.02. The molecule has 0 fully saturated rings. The number of phenols is 2. The standard InChI is InChI=1S/C14H12N4O6/c1-8(11-7-10(19)3-5-14(11)20)15-16-12-4-2-9(17(21)22)6-13(12)18(23)24/h2-7,16,19-20H,1H3. The quantitative estimate of drug-likeness (QED) is 0.329. The maximum Gasteiger partial charge on any atom is 0.301 e. The van der Waals surface area contributed by atoms with Gasteiger partial charge in [0.25, 0.3) is 5.69 Å². The molecule has 0 spiro atoms. The minimum atomic E-state index is -0.772. The van der Waals surface area contributed by atoms with Crippen LogP contribution in [-0.2, 0) is 0 Å². The number of nitro benzene ring substituents is 2. The molecule has 0 aliphatic rings. The van der Waals surface area contributed by atoms with Crippen molar-refractivity contribution >= 4 is 22.8 Å². The van der Waals surface area contributed by atoms with Crippen molar-refractivity contribution in [3.05, 3.63) is 62.2 Å². The lowest BCUT2D eigenvalue weighted by Gasteiger charge is -2.06. The van der Waals surface area contributed by atoms with E-state index in [1.165, 1.54) is 25.1 Å². The number of nitrogens with one attached hydrogen (secondary N) is 1. The third-order valence-corrected chi connectivity index (χ3v) is 3.10. The Morgan fingerprint density at radius 1 is 1.08 bits per heavy atom. The lowest BCUT2D eigenvalue weighted by molar-refractivity contribution is -0.393. The number of hydrazone groups is 1. The fourth-order valence-electron chi connectivity index (χ4n) is 1.90. The number of anilines is 1. The summed E-state index contributed by atoms with van der Waals surface area (Å²) in [7, 11) is 0. The van der Waals surface area contributed by atoms with Gasteiger partial charge in [-0.15, -0.1) is 0 Å². The zero-order valence-corrected chi connectivity index (χ0v) is 12.3. The first-order chi connectivity index (χ1) is 11.3. The van der Waals surface area contributed by atoms with Gasteiger partial charge in [-0.3, -0.25) is 25.7 Å². The zero-order valence-electron chi connectivity index (χ0n) is 12.3. The van der Waals surface area contributed by atoms with E-state index in [1.54, 1.807) is 0 Å². The molecule has 0 amide bonds. The summed E-state index contributed by atoms with van der Waals surface area (Å²) in [6.45, 7) is 1.51. The number of benzene rings is 2. The molecule has 2 aromatic rings. The summed E-state index contributed by atoms with van der Waals surface area (Å²) < 4.78 is 0. The summed E-state index contributed by atoms with van der Waals surface area (Å²) in [5.74, 6) is -0.215. The van der Waals surface area contributed by atoms with Crippen molar-refractivity contribution in [2.75, 3.05) is 5.43 Å². The molecule has 2 aromatic carbocycles. The maximum absolute atomic E-state index is 11.0. The van der Waals surface area contributed by atoms with Gasteiger partial charge in [0.05, 0.1) is 21.6 Å². The van der Waals surface area contributed by atoms with Crippen molar-refractivity contribution in [2.45, 2.75) is 6.92 Å². The minimum Gasteiger partial charge on any atom is -0.508 e. The van der Waals surface area contributed by atoms with Gasteiger partial charge in [0, 0.05) is 11.6 Å². The van der Waals surface area contributed by atoms with Gasteiger partial charge in [0.1, 0.15) is 17.2 Å². The van der Waals surface area contributed by atoms with Crippen molar-refractivity contribution in [1.29, 1.82) is 0 Å². The molecule has 2 rings (SSSR count). The topological polar surface area (TPSA) is 151 Å². The average molecular weight is 332 g/mol. The molecule has 0 unspecified atom stereocenters. The Kier molecular flexibility index (Phi) is 4.59. The molecule has 24 heavy (non-hydrogen) atoms. The molecular formula is C14H12N4O6. The van der Waals surface area contributed by atoms with E-state index in [4.69, 9.17) is 0 Å². The van der Waals surface area contributed by atoms with Crippen LogP contribution in [0.5, 0.6) is 11.5 Å². The zero-order chi connectivity index (χ0) is 17.9. The number of phenolic OH excluding ortho intramolecular Hbond substituents is 2. The van der Waals surface area contributed by atoms with Crippen LogP contribution in [-0.4, -0.2) is 25.8 Å². The molecule has 10 nitrogen and oxygen atoms in total. The Bertz CT molecular complexity index is 849. The lowest BCUT2D eigenvalue weighted by atomic mass is 10.1. The third kappa shape index (κ3) is 3.55. The van der Waals surface area contributed by atoms with Crippen LogP contribution in [0.3, 0.4) is 0 Å². The second-order valence-electron chi connectivity index (χ2n) is 4.73. The fraction of sp³-hybridized carbons (Fsp3) is 0.0714. The smallest absolute Gasteiger partial charge is 0.301 e. The normalized spacial score (nSPS) is 11.1. The molecule has 3 N–H and O–H groups in total. The van der Waals surface area contributed by atoms with Gasteiger partial charge in [-0.2, -0.15) is 5.10 Å². The largest absolute Gasteiger partial charge is 0.508 e. The van der Waals surface area contributed by atoms with Crippen molar-refractivity contribution < 1.29 is 20.1 Å². The summed E-state index contributed by atoms with van der Waals surface area (Å²) in [6.07, 6.45) is 0. The predicted molar refractivity (Wildman–Crippen MR) is 85.4 cm³/mol. The number of non-ortho nitro benzene ring substituents is 1. The predicted octanol–water partition coefficient (Wildman–Crippen LogP) is 2.75. The summed E-state index contributed by atoms with van der Waals surface area (Å²) in [4.78, 5) is 20.2. The first kappa shape index (κ1) is 16.7. The number of hydrogen-bond donors (Lipinski definition) is 3. The molecule has 124 valence electrons. The van der Waals surface area contributed by atoms with Crippen LogP contribution in [0.4, 0.5) is 17.1 Å².